The normalized spacial score (nSPS) is 14.3. The lowest BCUT2D eigenvalue weighted by Gasteiger charge is -2.27. The van der Waals surface area contributed by atoms with Crippen LogP contribution in [0.25, 0.3) is 5.57 Å². The summed E-state index contributed by atoms with van der Waals surface area (Å²) in [5, 5.41) is 0. The molecule has 0 N–H and O–H groups in total. The molecule has 1 aromatic carbocycles. The van der Waals surface area contributed by atoms with Crippen LogP contribution in [0.5, 0.6) is 0 Å². The summed E-state index contributed by atoms with van der Waals surface area (Å²) in [6.07, 6.45) is 12.4. The molecule has 2 rings (SSSR count). The van der Waals surface area contributed by atoms with Crippen molar-refractivity contribution in [2.45, 2.75) is 46.1 Å². The summed E-state index contributed by atoms with van der Waals surface area (Å²) in [5.41, 5.74) is 2.88. The predicted octanol–water partition coefficient (Wildman–Crippen LogP) is 4.85. The van der Waals surface area contributed by atoms with Gasteiger partial charge >= 0.3 is 5.97 Å². The smallest absolute Gasteiger partial charge is 0.352 e. The van der Waals surface area contributed by atoms with Crippen LogP contribution < -0.4 is 0 Å². The van der Waals surface area contributed by atoms with Crippen LogP contribution in [-0.4, -0.2) is 16.4 Å². The van der Waals surface area contributed by atoms with Gasteiger partial charge in [0.25, 0.3) is 0 Å². The van der Waals surface area contributed by atoms with Gasteiger partial charge in [-0.15, -0.1) is 0 Å². The maximum atomic E-state index is 12.0. The minimum Gasteiger partial charge on any atom is -0.486 e. The van der Waals surface area contributed by atoms with E-state index < -0.39 is 5.97 Å². The third kappa shape index (κ3) is 4.58. The van der Waals surface area contributed by atoms with Gasteiger partial charge in [0, 0.05) is 12.0 Å². The molecular formula is C21H22O3S. The van der Waals surface area contributed by atoms with Gasteiger partial charge in [0.05, 0.1) is 10.4 Å². The average molecular weight is 354 g/mol. The fraction of sp³-hybridized carbons (Fsp3) is 0.333. The van der Waals surface area contributed by atoms with Crippen molar-refractivity contribution in [3.05, 3.63) is 52.8 Å². The Morgan fingerprint density at radius 1 is 1.36 bits per heavy atom. The summed E-state index contributed by atoms with van der Waals surface area (Å²) in [5.74, 6) is 0.215. The molecule has 0 atom stereocenters. The number of hydrogen-bond acceptors (Lipinski definition) is 4. The van der Waals surface area contributed by atoms with Crippen molar-refractivity contribution < 1.29 is 14.3 Å². The van der Waals surface area contributed by atoms with Crippen molar-refractivity contribution in [1.29, 1.82) is 0 Å². The van der Waals surface area contributed by atoms with E-state index in [1.54, 1.807) is 6.07 Å². The zero-order chi connectivity index (χ0) is 18.6. The number of thiocarbonyl (C=S) groups is 1. The Morgan fingerprint density at radius 3 is 2.68 bits per heavy atom. The third-order valence-corrected chi connectivity index (χ3v) is 4.01. The van der Waals surface area contributed by atoms with Crippen LogP contribution in [0.3, 0.4) is 0 Å². The van der Waals surface area contributed by atoms with Gasteiger partial charge in [-0.1, -0.05) is 49.8 Å². The van der Waals surface area contributed by atoms with Crippen molar-refractivity contribution >= 4 is 28.6 Å². The van der Waals surface area contributed by atoms with Crippen molar-refractivity contribution in [3.63, 3.8) is 0 Å². The first kappa shape index (κ1) is 19.0. The van der Waals surface area contributed by atoms with Gasteiger partial charge in [-0.3, -0.25) is 0 Å². The van der Waals surface area contributed by atoms with Gasteiger partial charge < -0.3 is 9.47 Å². The topological polar surface area (TPSA) is 35.5 Å². The third-order valence-electron chi connectivity index (χ3n) is 3.66. The molecule has 0 amide bonds. The Hall–Kier alpha value is -2.38. The van der Waals surface area contributed by atoms with Crippen LogP contribution in [-0.2, 0) is 15.9 Å². The number of ether oxygens (including phenoxy) is 2. The van der Waals surface area contributed by atoms with Gasteiger partial charge in [-0.05, 0) is 44.4 Å². The molecular weight excluding hydrogens is 332 g/mol. The maximum absolute atomic E-state index is 12.0. The van der Waals surface area contributed by atoms with Crippen LogP contribution in [0.2, 0.25) is 0 Å². The number of allylic oxidation sites excluding steroid dienone is 4. The molecule has 25 heavy (non-hydrogen) atoms. The van der Waals surface area contributed by atoms with Crippen LogP contribution in [0.1, 0.15) is 55.6 Å². The molecule has 4 heteroatoms. The molecule has 0 aromatic heterocycles. The van der Waals surface area contributed by atoms with Gasteiger partial charge in [0.15, 0.2) is 0 Å². The van der Waals surface area contributed by atoms with Gasteiger partial charge in [0.1, 0.15) is 17.5 Å². The largest absolute Gasteiger partial charge is 0.486 e. The average Bonchev–Trinajstić information content (AvgIpc) is 2.55. The minimum atomic E-state index is -0.513. The molecule has 3 nitrogen and oxygen atoms in total. The van der Waals surface area contributed by atoms with Crippen LogP contribution in [0.4, 0.5) is 0 Å². The van der Waals surface area contributed by atoms with E-state index in [0.717, 1.165) is 27.3 Å². The second-order valence-corrected chi connectivity index (χ2v) is 7.21. The van der Waals surface area contributed by atoms with E-state index in [1.807, 2.05) is 58.1 Å². The Kier molecular flexibility index (Phi) is 5.81. The molecule has 0 spiro atoms. The lowest BCUT2D eigenvalue weighted by atomic mass is 9.93. The zero-order valence-corrected chi connectivity index (χ0v) is 15.8. The summed E-state index contributed by atoms with van der Waals surface area (Å²) < 4.78 is 10.8. The molecule has 130 valence electrons. The molecule has 0 bridgehead atoms. The first-order valence-electron chi connectivity index (χ1n) is 8.20. The van der Waals surface area contributed by atoms with E-state index >= 15 is 0 Å². The summed E-state index contributed by atoms with van der Waals surface area (Å²) in [6, 6.07) is 5.57. The molecule has 0 unspecified atom stereocenters. The summed E-state index contributed by atoms with van der Waals surface area (Å²) >= 11 is 5.50. The number of rotatable bonds is 4. The molecule has 0 saturated heterocycles. The van der Waals surface area contributed by atoms with E-state index in [2.05, 4.69) is 4.74 Å². The second-order valence-electron chi connectivity index (χ2n) is 6.72. The maximum Gasteiger partial charge on any atom is 0.352 e. The number of esters is 1. The Balaban J connectivity index is 2.53. The lowest BCUT2D eigenvalue weighted by molar-refractivity contribution is 0.0654. The van der Waals surface area contributed by atoms with E-state index in [0.29, 0.717) is 18.4 Å². The molecule has 0 fully saturated rings. The highest BCUT2D eigenvalue weighted by molar-refractivity contribution is 7.80. The first-order valence-corrected chi connectivity index (χ1v) is 8.60. The van der Waals surface area contributed by atoms with Crippen molar-refractivity contribution in [2.75, 3.05) is 0 Å². The number of hydrogen-bond donors (Lipinski definition) is 0. The second kappa shape index (κ2) is 7.67. The highest BCUT2D eigenvalue weighted by Crippen LogP contribution is 2.31. The standard InChI is InChI=1S/C21H22O3S/c1-6-14-13-15(11-12-17(14)20(22)23-7-2)16-9-8-10-18(25)19(16)24-21(3,4)5/h2,8-9,11-13H,6,10H2,1,3-5H3. The van der Waals surface area contributed by atoms with Crippen LogP contribution in [0.15, 0.2) is 36.1 Å². The molecule has 1 aromatic rings. The molecule has 0 heterocycles. The van der Waals surface area contributed by atoms with Crippen LogP contribution in [0, 0.1) is 12.5 Å². The van der Waals surface area contributed by atoms with Gasteiger partial charge in [-0.25, -0.2) is 4.79 Å². The molecule has 0 aliphatic heterocycles. The number of benzene rings is 1. The monoisotopic (exact) mass is 354 g/mol. The van der Waals surface area contributed by atoms with E-state index in [4.69, 9.17) is 23.4 Å². The van der Waals surface area contributed by atoms with Gasteiger partial charge in [-0.2, -0.15) is 0 Å². The fourth-order valence-electron chi connectivity index (χ4n) is 2.61. The van der Waals surface area contributed by atoms with E-state index in [-0.39, 0.29) is 5.60 Å². The SMILES string of the molecule is C#COC(=O)c1ccc(C2=C(OC(C)(C)C)C(=S)CC=C2)cc1CC. The highest BCUT2D eigenvalue weighted by atomic mass is 32.1. The van der Waals surface area contributed by atoms with Crippen molar-refractivity contribution in [3.8, 4) is 12.5 Å². The molecule has 0 radical (unpaired) electrons. The van der Waals surface area contributed by atoms with Crippen molar-refractivity contribution in [1.82, 2.24) is 0 Å². The molecule has 1 aliphatic rings. The molecule has 0 saturated carbocycles. The van der Waals surface area contributed by atoms with Crippen LogP contribution >= 0.6 is 12.2 Å². The lowest BCUT2D eigenvalue weighted by Crippen LogP contribution is -2.23. The Labute approximate surface area is 154 Å². The minimum absolute atomic E-state index is 0.347. The quantitative estimate of drug-likeness (QED) is 0.440. The highest BCUT2D eigenvalue weighted by Gasteiger charge is 2.23. The number of terminal acetylenes is 1. The number of aryl methyl sites for hydroxylation is 1. The predicted molar refractivity (Wildman–Crippen MR) is 104 cm³/mol. The van der Waals surface area contributed by atoms with Crippen molar-refractivity contribution in [2.24, 2.45) is 0 Å². The number of carbonyl (C=O) groups is 1. The molecule has 1 aliphatic carbocycles. The summed E-state index contributed by atoms with van der Waals surface area (Å²) in [4.78, 5) is 12.8. The fourth-order valence-corrected chi connectivity index (χ4v) is 2.86. The number of carbonyl (C=O) groups excluding carboxylic acids is 1. The Bertz CT molecular complexity index is 801. The first-order chi connectivity index (χ1) is 11.8. The van der Waals surface area contributed by atoms with E-state index in [1.165, 1.54) is 0 Å². The van der Waals surface area contributed by atoms with Gasteiger partial charge in [0.2, 0.25) is 0 Å². The Morgan fingerprint density at radius 2 is 2.08 bits per heavy atom. The van der Waals surface area contributed by atoms with E-state index in [9.17, 15) is 4.79 Å². The summed E-state index contributed by atoms with van der Waals surface area (Å²) in [6.45, 7) is 7.97. The summed E-state index contributed by atoms with van der Waals surface area (Å²) in [7, 11) is 0. The zero-order valence-electron chi connectivity index (χ0n) is 15.0.